The van der Waals surface area contributed by atoms with Gasteiger partial charge in [-0.25, -0.2) is 9.97 Å². The highest BCUT2D eigenvalue weighted by atomic mass is 16.5. The molecule has 2 aromatic carbocycles. The third-order valence-electron chi connectivity index (χ3n) is 5.94. The summed E-state index contributed by atoms with van der Waals surface area (Å²) in [6, 6.07) is 13.8. The van der Waals surface area contributed by atoms with Gasteiger partial charge in [0.25, 0.3) is 0 Å². The molecule has 0 aliphatic carbocycles. The molecule has 2 aromatic heterocycles. The number of methoxy groups -OCH3 is 1. The third kappa shape index (κ3) is 4.35. The molecule has 8 nitrogen and oxygen atoms in total. The zero-order valence-electron chi connectivity index (χ0n) is 19.7. The summed E-state index contributed by atoms with van der Waals surface area (Å²) in [5.74, 6) is 2.31. The van der Waals surface area contributed by atoms with E-state index < -0.39 is 0 Å². The van der Waals surface area contributed by atoms with E-state index in [9.17, 15) is 5.11 Å². The van der Waals surface area contributed by atoms with Gasteiger partial charge in [-0.05, 0) is 42.1 Å². The first kappa shape index (κ1) is 23.0. The lowest BCUT2D eigenvalue weighted by Crippen LogP contribution is -2.13. The number of aromatic nitrogens is 3. The number of nitrogens with one attached hydrogen (secondary N) is 3. The van der Waals surface area contributed by atoms with Crippen molar-refractivity contribution in [3.8, 4) is 17.0 Å². The van der Waals surface area contributed by atoms with Gasteiger partial charge in [-0.15, -0.1) is 0 Å². The zero-order valence-corrected chi connectivity index (χ0v) is 19.7. The molecule has 4 N–H and O–H groups in total. The Morgan fingerprint density at radius 3 is 2.59 bits per heavy atom. The lowest BCUT2D eigenvalue weighted by Gasteiger charge is -2.14. The first-order valence-electron chi connectivity index (χ1n) is 10.8. The number of aliphatic hydroxyl groups excluding tert-OH is 1. The number of rotatable bonds is 8. The average molecular weight is 457 g/mol. The number of fused-ring (bicyclic) bond motifs is 1. The van der Waals surface area contributed by atoms with Gasteiger partial charge in [-0.2, -0.15) is 0 Å². The molecule has 0 amide bonds. The van der Waals surface area contributed by atoms with E-state index in [1.165, 1.54) is 6.21 Å². The number of ether oxygens (including phenoxy) is 1. The van der Waals surface area contributed by atoms with Crippen molar-refractivity contribution in [3.63, 3.8) is 0 Å². The molecule has 2 heterocycles. The summed E-state index contributed by atoms with van der Waals surface area (Å²) in [6.07, 6.45) is 4.91. The van der Waals surface area contributed by atoms with Crippen molar-refractivity contribution in [3.05, 3.63) is 71.9 Å². The minimum Gasteiger partial charge on any atom is -0.495 e. The second kappa shape index (κ2) is 9.76. The van der Waals surface area contributed by atoms with Gasteiger partial charge in [0, 0.05) is 48.7 Å². The zero-order chi connectivity index (χ0) is 24.2. The van der Waals surface area contributed by atoms with Gasteiger partial charge in [0.2, 0.25) is 0 Å². The first-order valence-corrected chi connectivity index (χ1v) is 10.8. The number of allylic oxidation sites excluding steroid dienone is 1. The Kier molecular flexibility index (Phi) is 6.60. The Morgan fingerprint density at radius 1 is 1.12 bits per heavy atom. The molecule has 0 atom stereocenters. The molecule has 0 aliphatic rings. The molecule has 0 bridgehead atoms. The molecular formula is C26H28N6O2. The summed E-state index contributed by atoms with van der Waals surface area (Å²) in [5, 5.41) is 25.7. The molecular weight excluding hydrogens is 428 g/mol. The highest BCUT2D eigenvalue weighted by Crippen LogP contribution is 2.33. The second-order valence-corrected chi connectivity index (χ2v) is 7.87. The third-order valence-corrected chi connectivity index (χ3v) is 5.94. The summed E-state index contributed by atoms with van der Waals surface area (Å²) >= 11 is 0. The van der Waals surface area contributed by atoms with Gasteiger partial charge in [-0.1, -0.05) is 18.2 Å². The SMILES string of the molecule is CN/C(CO)=C(\C=N)c1ccc2cnc(Nc3ccc(-c4cnc(C)n4C)cc3OC)cc2c1. The minimum atomic E-state index is -0.170. The first-order chi connectivity index (χ1) is 16.5. The standard InChI is InChI=1S/C26H28N6O2/c1-16-29-14-24(32(16)3)18-7-8-22(25(10-18)34-4)31-26-11-20-9-17(5-6-19(20)13-30-26)21(12-27)23(15-33)28-2/h5-14,27-28,33H,15H2,1-4H3,(H,30,31)/b23-21+,27-12?. The molecule has 0 fully saturated rings. The lowest BCUT2D eigenvalue weighted by atomic mass is 10.0. The molecule has 8 heteroatoms. The summed E-state index contributed by atoms with van der Waals surface area (Å²) in [5.41, 5.74) is 4.89. The van der Waals surface area contributed by atoms with Crippen molar-refractivity contribution < 1.29 is 9.84 Å². The van der Waals surface area contributed by atoms with Crippen molar-refractivity contribution >= 4 is 34.1 Å². The van der Waals surface area contributed by atoms with E-state index in [2.05, 4.69) is 20.6 Å². The molecule has 4 aromatic rings. The Hall–Kier alpha value is -4.17. The van der Waals surface area contributed by atoms with Crippen LogP contribution in [0.1, 0.15) is 11.4 Å². The van der Waals surface area contributed by atoms with E-state index in [0.717, 1.165) is 39.1 Å². The van der Waals surface area contributed by atoms with Gasteiger partial charge in [0.15, 0.2) is 0 Å². The molecule has 0 unspecified atom stereocenters. The van der Waals surface area contributed by atoms with Crippen LogP contribution in [0.3, 0.4) is 0 Å². The summed E-state index contributed by atoms with van der Waals surface area (Å²) < 4.78 is 7.69. The van der Waals surface area contributed by atoms with Crippen LogP contribution in [0.5, 0.6) is 5.75 Å². The van der Waals surface area contributed by atoms with Crippen molar-refractivity contribution in [2.24, 2.45) is 7.05 Å². The van der Waals surface area contributed by atoms with Crippen LogP contribution in [0, 0.1) is 12.3 Å². The summed E-state index contributed by atoms with van der Waals surface area (Å²) in [7, 11) is 5.36. The van der Waals surface area contributed by atoms with Crippen LogP contribution >= 0.6 is 0 Å². The monoisotopic (exact) mass is 456 g/mol. The number of hydrogen-bond donors (Lipinski definition) is 4. The number of imidazole rings is 1. The number of likely N-dealkylation sites (N-methyl/N-ethyl adjacent to an activating group) is 1. The van der Waals surface area contributed by atoms with Crippen LogP contribution in [0.25, 0.3) is 27.6 Å². The van der Waals surface area contributed by atoms with E-state index in [0.29, 0.717) is 22.8 Å². The van der Waals surface area contributed by atoms with Crippen LogP contribution in [-0.2, 0) is 7.05 Å². The van der Waals surface area contributed by atoms with Crippen molar-refractivity contribution in [2.75, 3.05) is 26.1 Å². The van der Waals surface area contributed by atoms with Crippen LogP contribution in [0.2, 0.25) is 0 Å². The van der Waals surface area contributed by atoms with Gasteiger partial charge in [0.05, 0.1) is 31.3 Å². The average Bonchev–Trinajstić information content (AvgIpc) is 3.20. The summed E-state index contributed by atoms with van der Waals surface area (Å²) in [4.78, 5) is 8.92. The largest absolute Gasteiger partial charge is 0.495 e. The molecule has 4 rings (SSSR count). The number of aliphatic hydroxyl groups is 1. The Morgan fingerprint density at radius 2 is 1.94 bits per heavy atom. The van der Waals surface area contributed by atoms with Gasteiger partial charge in [0.1, 0.15) is 17.4 Å². The molecule has 34 heavy (non-hydrogen) atoms. The fourth-order valence-corrected chi connectivity index (χ4v) is 3.88. The predicted molar refractivity (Wildman–Crippen MR) is 137 cm³/mol. The predicted octanol–water partition coefficient (Wildman–Crippen LogP) is 4.27. The molecule has 0 radical (unpaired) electrons. The number of nitrogens with zero attached hydrogens (tertiary/aromatic N) is 3. The maximum atomic E-state index is 9.61. The lowest BCUT2D eigenvalue weighted by molar-refractivity contribution is 0.325. The van der Waals surface area contributed by atoms with Crippen LogP contribution in [-0.4, -0.2) is 46.6 Å². The number of aryl methyl sites for hydroxylation is 1. The van der Waals surface area contributed by atoms with Crippen LogP contribution < -0.4 is 15.4 Å². The minimum absolute atomic E-state index is 0.170. The quantitative estimate of drug-likeness (QED) is 0.295. The number of pyridine rings is 1. The second-order valence-electron chi connectivity index (χ2n) is 7.87. The van der Waals surface area contributed by atoms with E-state index in [-0.39, 0.29) is 6.61 Å². The summed E-state index contributed by atoms with van der Waals surface area (Å²) in [6.45, 7) is 1.80. The van der Waals surface area contributed by atoms with Gasteiger partial charge in [-0.3, -0.25) is 0 Å². The highest BCUT2D eigenvalue weighted by molar-refractivity contribution is 6.10. The Balaban J connectivity index is 1.68. The van der Waals surface area contributed by atoms with E-state index >= 15 is 0 Å². The van der Waals surface area contributed by atoms with E-state index in [4.69, 9.17) is 10.1 Å². The van der Waals surface area contributed by atoms with Crippen LogP contribution in [0.15, 0.2) is 60.6 Å². The van der Waals surface area contributed by atoms with Gasteiger partial charge < -0.3 is 30.5 Å². The molecule has 0 saturated heterocycles. The topological polar surface area (TPSA) is 108 Å². The van der Waals surface area contributed by atoms with Crippen molar-refractivity contribution in [1.29, 1.82) is 5.41 Å². The molecule has 0 spiro atoms. The Labute approximate surface area is 198 Å². The highest BCUT2D eigenvalue weighted by Gasteiger charge is 2.12. The smallest absolute Gasteiger partial charge is 0.143 e. The maximum absolute atomic E-state index is 9.61. The fourth-order valence-electron chi connectivity index (χ4n) is 3.88. The fraction of sp³-hybridized carbons (Fsp3) is 0.192. The molecule has 0 aliphatic heterocycles. The number of hydrogen-bond acceptors (Lipinski definition) is 7. The van der Waals surface area contributed by atoms with E-state index in [1.807, 2.05) is 67.2 Å². The maximum Gasteiger partial charge on any atom is 0.143 e. The van der Waals surface area contributed by atoms with Crippen molar-refractivity contribution in [1.82, 2.24) is 19.9 Å². The normalized spacial score (nSPS) is 11.8. The number of benzene rings is 2. The molecule has 174 valence electrons. The number of anilines is 2. The van der Waals surface area contributed by atoms with Gasteiger partial charge >= 0.3 is 0 Å². The Bertz CT molecular complexity index is 1380. The van der Waals surface area contributed by atoms with Crippen molar-refractivity contribution in [2.45, 2.75) is 6.92 Å². The molecule has 0 saturated carbocycles. The van der Waals surface area contributed by atoms with E-state index in [1.54, 1.807) is 20.4 Å². The van der Waals surface area contributed by atoms with Crippen LogP contribution in [0.4, 0.5) is 11.5 Å².